The van der Waals surface area contributed by atoms with Gasteiger partial charge in [-0.25, -0.2) is 9.18 Å². The number of carbonyl (C=O) groups excluding carboxylic acids is 2. The molecule has 7 heteroatoms. The molecule has 0 heterocycles. The predicted molar refractivity (Wildman–Crippen MR) is 112 cm³/mol. The van der Waals surface area contributed by atoms with E-state index in [1.54, 1.807) is 48.5 Å². The van der Waals surface area contributed by atoms with Crippen LogP contribution >= 0.6 is 0 Å². The third kappa shape index (κ3) is 5.90. The first kappa shape index (κ1) is 21.5. The molecule has 0 aromatic heterocycles. The zero-order valence-electron chi connectivity index (χ0n) is 16.5. The number of para-hydroxylation sites is 2. The molecule has 0 fully saturated rings. The number of hydrogen-bond donors (Lipinski definition) is 0. The number of ether oxygens (including phenoxy) is 2. The smallest absolute Gasteiger partial charge is 0.342 e. The standard InChI is InChI=1S/C24H19FN2O4/c25-18-11-13-19(14-12-18)27(16-6-15-26)23(28)17-30-24(29)21-9-4-5-10-22(21)31-20-7-2-1-3-8-20/h1-5,7-14H,6,16-17H2. The second kappa shape index (κ2) is 10.6. The maximum absolute atomic E-state index is 13.2. The van der Waals surface area contributed by atoms with Gasteiger partial charge in [0.05, 0.1) is 12.5 Å². The van der Waals surface area contributed by atoms with Crippen LogP contribution in [0, 0.1) is 17.1 Å². The first-order chi connectivity index (χ1) is 15.1. The monoisotopic (exact) mass is 418 g/mol. The molecule has 0 radical (unpaired) electrons. The van der Waals surface area contributed by atoms with Gasteiger partial charge < -0.3 is 14.4 Å². The van der Waals surface area contributed by atoms with Crippen molar-refractivity contribution in [1.29, 1.82) is 5.26 Å². The van der Waals surface area contributed by atoms with Crippen LogP contribution in [0.25, 0.3) is 0 Å². The van der Waals surface area contributed by atoms with Gasteiger partial charge in [0.1, 0.15) is 22.9 Å². The maximum Gasteiger partial charge on any atom is 0.342 e. The van der Waals surface area contributed by atoms with Crippen LogP contribution in [0.5, 0.6) is 11.5 Å². The molecule has 0 N–H and O–H groups in total. The zero-order valence-corrected chi connectivity index (χ0v) is 16.5. The lowest BCUT2D eigenvalue weighted by atomic mass is 10.2. The van der Waals surface area contributed by atoms with Crippen molar-refractivity contribution in [1.82, 2.24) is 0 Å². The fourth-order valence-electron chi connectivity index (χ4n) is 2.80. The largest absolute Gasteiger partial charge is 0.456 e. The number of anilines is 1. The Morgan fingerprint density at radius 1 is 0.935 bits per heavy atom. The first-order valence-corrected chi connectivity index (χ1v) is 9.50. The maximum atomic E-state index is 13.2. The highest BCUT2D eigenvalue weighted by Gasteiger charge is 2.20. The van der Waals surface area contributed by atoms with Crippen molar-refractivity contribution in [3.63, 3.8) is 0 Å². The average Bonchev–Trinajstić information content (AvgIpc) is 2.80. The van der Waals surface area contributed by atoms with Crippen molar-refractivity contribution >= 4 is 17.6 Å². The topological polar surface area (TPSA) is 79.6 Å². The summed E-state index contributed by atoms with van der Waals surface area (Å²) in [5.41, 5.74) is 0.579. The van der Waals surface area contributed by atoms with Crippen molar-refractivity contribution < 1.29 is 23.5 Å². The Balaban J connectivity index is 1.69. The van der Waals surface area contributed by atoms with Gasteiger partial charge in [0.2, 0.25) is 0 Å². The number of nitrogens with zero attached hydrogens (tertiary/aromatic N) is 2. The lowest BCUT2D eigenvalue weighted by molar-refractivity contribution is -0.121. The number of nitriles is 1. The van der Waals surface area contributed by atoms with Gasteiger partial charge in [-0.15, -0.1) is 0 Å². The van der Waals surface area contributed by atoms with E-state index in [9.17, 15) is 14.0 Å². The summed E-state index contributed by atoms with van der Waals surface area (Å²) < 4.78 is 24.2. The van der Waals surface area contributed by atoms with Crippen LogP contribution < -0.4 is 9.64 Å². The number of esters is 1. The van der Waals surface area contributed by atoms with E-state index in [-0.39, 0.29) is 18.5 Å². The van der Waals surface area contributed by atoms with Crippen LogP contribution in [0.1, 0.15) is 16.8 Å². The summed E-state index contributed by atoms with van der Waals surface area (Å²) in [6, 6.07) is 22.8. The van der Waals surface area contributed by atoms with Crippen molar-refractivity contribution in [3.05, 3.63) is 90.2 Å². The molecule has 0 saturated carbocycles. The van der Waals surface area contributed by atoms with E-state index < -0.39 is 24.3 Å². The van der Waals surface area contributed by atoms with E-state index in [4.69, 9.17) is 14.7 Å². The molecular weight excluding hydrogens is 399 g/mol. The van der Waals surface area contributed by atoms with Crippen LogP contribution in [0.2, 0.25) is 0 Å². The Labute approximate surface area is 179 Å². The predicted octanol–water partition coefficient (Wildman–Crippen LogP) is 4.72. The summed E-state index contributed by atoms with van der Waals surface area (Å²) in [4.78, 5) is 26.5. The van der Waals surface area contributed by atoms with E-state index in [1.165, 1.54) is 29.2 Å². The molecule has 0 atom stereocenters. The van der Waals surface area contributed by atoms with Crippen LogP contribution in [-0.4, -0.2) is 25.0 Å². The highest BCUT2D eigenvalue weighted by atomic mass is 19.1. The lowest BCUT2D eigenvalue weighted by Gasteiger charge is -2.21. The van der Waals surface area contributed by atoms with Crippen LogP contribution in [-0.2, 0) is 9.53 Å². The summed E-state index contributed by atoms with van der Waals surface area (Å²) in [5, 5.41) is 8.86. The summed E-state index contributed by atoms with van der Waals surface area (Å²) in [6.45, 7) is -0.451. The molecule has 156 valence electrons. The van der Waals surface area contributed by atoms with Crippen molar-refractivity contribution in [2.45, 2.75) is 6.42 Å². The molecule has 0 bridgehead atoms. The van der Waals surface area contributed by atoms with Crippen LogP contribution in [0.15, 0.2) is 78.9 Å². The van der Waals surface area contributed by atoms with Crippen molar-refractivity contribution in [2.75, 3.05) is 18.1 Å². The Morgan fingerprint density at radius 2 is 1.61 bits per heavy atom. The Morgan fingerprint density at radius 3 is 2.32 bits per heavy atom. The molecule has 3 aromatic carbocycles. The van der Waals surface area contributed by atoms with Gasteiger partial charge in [-0.2, -0.15) is 5.26 Å². The Bertz CT molecular complexity index is 1080. The summed E-state index contributed by atoms with van der Waals surface area (Å²) in [5.74, 6) is -0.849. The molecule has 0 spiro atoms. The molecule has 3 rings (SSSR count). The number of benzene rings is 3. The molecule has 0 aliphatic rings. The third-order valence-electron chi connectivity index (χ3n) is 4.29. The number of hydrogen-bond acceptors (Lipinski definition) is 5. The quantitative estimate of drug-likeness (QED) is 0.495. The van der Waals surface area contributed by atoms with Crippen molar-refractivity contribution in [3.8, 4) is 17.6 Å². The summed E-state index contributed by atoms with van der Waals surface area (Å²) >= 11 is 0. The fraction of sp³-hybridized carbons (Fsp3) is 0.125. The normalized spacial score (nSPS) is 10.1. The zero-order chi connectivity index (χ0) is 22.1. The second-order valence-electron chi connectivity index (χ2n) is 6.42. The molecule has 0 unspecified atom stereocenters. The minimum atomic E-state index is -0.723. The third-order valence-corrected chi connectivity index (χ3v) is 4.29. The summed E-state index contributed by atoms with van der Waals surface area (Å²) in [7, 11) is 0. The molecule has 0 aliphatic carbocycles. The van der Waals surface area contributed by atoms with Crippen molar-refractivity contribution in [2.24, 2.45) is 0 Å². The van der Waals surface area contributed by atoms with Gasteiger partial charge >= 0.3 is 5.97 Å². The van der Waals surface area contributed by atoms with Gasteiger partial charge in [0.25, 0.3) is 5.91 Å². The molecule has 1 amide bonds. The van der Waals surface area contributed by atoms with Crippen LogP contribution in [0.3, 0.4) is 0 Å². The number of amides is 1. The molecule has 31 heavy (non-hydrogen) atoms. The molecular formula is C24H19FN2O4. The molecule has 0 aliphatic heterocycles. The SMILES string of the molecule is N#CCCN(C(=O)COC(=O)c1ccccc1Oc1ccccc1)c1ccc(F)cc1. The number of carbonyl (C=O) groups is 2. The highest BCUT2D eigenvalue weighted by Crippen LogP contribution is 2.25. The highest BCUT2D eigenvalue weighted by molar-refractivity contribution is 5.98. The van der Waals surface area contributed by atoms with Gasteiger partial charge in [-0.3, -0.25) is 4.79 Å². The molecule has 0 saturated heterocycles. The van der Waals surface area contributed by atoms with Crippen LogP contribution in [0.4, 0.5) is 10.1 Å². The summed E-state index contributed by atoms with van der Waals surface area (Å²) in [6.07, 6.45) is 0.0742. The molecule has 3 aromatic rings. The Hall–Kier alpha value is -4.18. The van der Waals surface area contributed by atoms with E-state index in [1.807, 2.05) is 12.1 Å². The average molecular weight is 418 g/mol. The second-order valence-corrected chi connectivity index (χ2v) is 6.42. The van der Waals surface area contributed by atoms with Gasteiger partial charge in [-0.1, -0.05) is 30.3 Å². The van der Waals surface area contributed by atoms with E-state index >= 15 is 0 Å². The van der Waals surface area contributed by atoms with Gasteiger partial charge in [0.15, 0.2) is 6.61 Å². The number of halogens is 1. The fourth-order valence-corrected chi connectivity index (χ4v) is 2.80. The number of rotatable bonds is 8. The van der Waals surface area contributed by atoms with E-state index in [0.29, 0.717) is 17.2 Å². The molecule has 6 nitrogen and oxygen atoms in total. The first-order valence-electron chi connectivity index (χ1n) is 9.50. The Kier molecular flexibility index (Phi) is 7.33. The van der Waals surface area contributed by atoms with E-state index in [0.717, 1.165) is 0 Å². The minimum Gasteiger partial charge on any atom is -0.456 e. The minimum absolute atomic E-state index is 0.0742. The van der Waals surface area contributed by atoms with Gasteiger partial charge in [0, 0.05) is 12.2 Å². The lowest BCUT2D eigenvalue weighted by Crippen LogP contribution is -2.35. The van der Waals surface area contributed by atoms with Gasteiger partial charge in [-0.05, 0) is 48.5 Å². The van der Waals surface area contributed by atoms with E-state index in [2.05, 4.69) is 0 Å².